The third kappa shape index (κ3) is 2.22. The Hall–Kier alpha value is -2.14. The van der Waals surface area contributed by atoms with Gasteiger partial charge in [0, 0.05) is 11.9 Å². The molecule has 1 aliphatic carbocycles. The summed E-state index contributed by atoms with van der Waals surface area (Å²) in [6.45, 7) is 0.730. The molecule has 0 bridgehead atoms. The van der Waals surface area contributed by atoms with E-state index in [1.54, 1.807) is 23.0 Å². The molecule has 2 heterocycles. The molecule has 1 aromatic carbocycles. The van der Waals surface area contributed by atoms with Gasteiger partial charge in [-0.2, -0.15) is 4.98 Å². The van der Waals surface area contributed by atoms with Crippen LogP contribution in [0.25, 0.3) is 21.5 Å². The maximum absolute atomic E-state index is 12.6. The molecule has 4 rings (SSSR count). The number of nitrogens with zero attached hydrogens (tertiary/aromatic N) is 2. The lowest BCUT2D eigenvalue weighted by molar-refractivity contribution is 0.415. The van der Waals surface area contributed by atoms with E-state index in [9.17, 15) is 4.79 Å². The van der Waals surface area contributed by atoms with Crippen molar-refractivity contribution >= 4 is 22.2 Å². The molecule has 0 radical (unpaired) electrons. The summed E-state index contributed by atoms with van der Waals surface area (Å²) < 4.78 is 7.29. The van der Waals surface area contributed by atoms with Crippen molar-refractivity contribution in [2.75, 3.05) is 7.11 Å². The minimum atomic E-state index is -0.188. The Morgan fingerprint density at radius 3 is 2.86 bits per heavy atom. The van der Waals surface area contributed by atoms with Gasteiger partial charge in [-0.1, -0.05) is 18.2 Å². The number of hydrogen-bond donors (Lipinski definition) is 0. The highest BCUT2D eigenvalue weighted by atomic mass is 32.1. The van der Waals surface area contributed by atoms with Gasteiger partial charge in [-0.3, -0.25) is 4.57 Å². The maximum atomic E-state index is 12.6. The number of hydrogen-bond acceptors (Lipinski definition) is 4. The van der Waals surface area contributed by atoms with E-state index in [0.717, 1.165) is 33.8 Å². The van der Waals surface area contributed by atoms with E-state index in [0.29, 0.717) is 5.92 Å². The van der Waals surface area contributed by atoms with Gasteiger partial charge in [-0.15, -0.1) is 11.3 Å². The zero-order valence-corrected chi connectivity index (χ0v) is 13.1. The maximum Gasteiger partial charge on any atom is 0.348 e. The molecule has 0 atom stereocenters. The van der Waals surface area contributed by atoms with Gasteiger partial charge in [-0.05, 0) is 36.3 Å². The Morgan fingerprint density at radius 2 is 2.18 bits per heavy atom. The molecule has 112 valence electrons. The Kier molecular flexibility index (Phi) is 3.22. The number of ether oxygens (including phenoxy) is 1. The van der Waals surface area contributed by atoms with Crippen molar-refractivity contribution in [3.8, 4) is 16.3 Å². The highest BCUT2D eigenvalue weighted by Crippen LogP contribution is 2.35. The second kappa shape index (κ2) is 5.25. The van der Waals surface area contributed by atoms with Crippen molar-refractivity contribution in [1.29, 1.82) is 0 Å². The van der Waals surface area contributed by atoms with Crippen LogP contribution < -0.4 is 10.4 Å². The molecule has 0 unspecified atom stereocenters. The van der Waals surface area contributed by atoms with Crippen molar-refractivity contribution < 1.29 is 4.74 Å². The molecule has 0 saturated heterocycles. The molecule has 0 amide bonds. The van der Waals surface area contributed by atoms with Crippen molar-refractivity contribution in [3.05, 3.63) is 46.2 Å². The predicted molar refractivity (Wildman–Crippen MR) is 88.6 cm³/mol. The molecule has 1 aliphatic rings. The van der Waals surface area contributed by atoms with Crippen LogP contribution in [0.15, 0.2) is 40.5 Å². The van der Waals surface area contributed by atoms with Crippen molar-refractivity contribution in [2.45, 2.75) is 19.4 Å². The molecule has 22 heavy (non-hydrogen) atoms. The lowest BCUT2D eigenvalue weighted by Crippen LogP contribution is -2.25. The number of benzene rings is 1. The van der Waals surface area contributed by atoms with E-state index >= 15 is 0 Å². The largest absolute Gasteiger partial charge is 0.495 e. The van der Waals surface area contributed by atoms with E-state index in [-0.39, 0.29) is 5.69 Å². The topological polar surface area (TPSA) is 44.1 Å². The molecule has 5 heteroatoms. The first-order valence-corrected chi connectivity index (χ1v) is 8.27. The van der Waals surface area contributed by atoms with Gasteiger partial charge < -0.3 is 4.74 Å². The standard InChI is InChI=1S/C17H16N2O2S/c1-21-13-5-2-4-12-15(14-6-3-9-22-14)18-17(20)19(16(12)13)10-11-7-8-11/h2-6,9,11H,7-8,10H2,1H3. The number of rotatable bonds is 4. The Morgan fingerprint density at radius 1 is 1.32 bits per heavy atom. The van der Waals surface area contributed by atoms with Crippen LogP contribution >= 0.6 is 11.3 Å². The summed E-state index contributed by atoms with van der Waals surface area (Å²) in [7, 11) is 1.64. The smallest absolute Gasteiger partial charge is 0.348 e. The van der Waals surface area contributed by atoms with E-state index in [1.807, 2.05) is 35.7 Å². The van der Waals surface area contributed by atoms with Crippen molar-refractivity contribution in [1.82, 2.24) is 9.55 Å². The quantitative estimate of drug-likeness (QED) is 0.740. The summed E-state index contributed by atoms with van der Waals surface area (Å²) in [5, 5.41) is 2.97. The lowest BCUT2D eigenvalue weighted by Gasteiger charge is -2.14. The first-order chi connectivity index (χ1) is 10.8. The number of aromatic nitrogens is 2. The first kappa shape index (κ1) is 13.5. The van der Waals surface area contributed by atoms with Crippen LogP contribution in [0.4, 0.5) is 0 Å². The summed E-state index contributed by atoms with van der Waals surface area (Å²) >= 11 is 1.59. The zero-order valence-electron chi connectivity index (χ0n) is 12.3. The van der Waals surface area contributed by atoms with Crippen LogP contribution in [-0.4, -0.2) is 16.7 Å². The van der Waals surface area contributed by atoms with Crippen LogP contribution in [-0.2, 0) is 6.54 Å². The highest BCUT2D eigenvalue weighted by molar-refractivity contribution is 7.13. The van der Waals surface area contributed by atoms with Crippen molar-refractivity contribution in [3.63, 3.8) is 0 Å². The summed E-state index contributed by atoms with van der Waals surface area (Å²) in [4.78, 5) is 18.0. The molecule has 4 nitrogen and oxygen atoms in total. The average molecular weight is 312 g/mol. The fourth-order valence-corrected chi connectivity index (χ4v) is 3.53. The van der Waals surface area contributed by atoms with Gasteiger partial charge in [0.15, 0.2) is 0 Å². The summed E-state index contributed by atoms with van der Waals surface area (Å²) in [5.74, 6) is 1.33. The molecule has 0 aliphatic heterocycles. The fraction of sp³-hybridized carbons (Fsp3) is 0.294. The Labute approximate surface area is 132 Å². The monoisotopic (exact) mass is 312 g/mol. The van der Waals surface area contributed by atoms with Gasteiger partial charge in [0.25, 0.3) is 0 Å². The van der Waals surface area contributed by atoms with Gasteiger partial charge >= 0.3 is 5.69 Å². The predicted octanol–water partition coefficient (Wildman–Crippen LogP) is 3.54. The van der Waals surface area contributed by atoms with Gasteiger partial charge in [-0.25, -0.2) is 4.79 Å². The highest BCUT2D eigenvalue weighted by Gasteiger charge is 2.25. The van der Waals surface area contributed by atoms with Gasteiger partial charge in [0.1, 0.15) is 5.75 Å². The number of fused-ring (bicyclic) bond motifs is 1. The molecule has 0 spiro atoms. The number of para-hydroxylation sites is 1. The molecule has 1 fully saturated rings. The second-order valence-corrected chi connectivity index (χ2v) is 6.58. The minimum Gasteiger partial charge on any atom is -0.495 e. The zero-order chi connectivity index (χ0) is 15.1. The van der Waals surface area contributed by atoms with Crippen LogP contribution in [0, 0.1) is 5.92 Å². The van der Waals surface area contributed by atoms with E-state index in [2.05, 4.69) is 4.98 Å². The number of methoxy groups -OCH3 is 1. The van der Waals surface area contributed by atoms with Crippen LogP contribution in [0.3, 0.4) is 0 Å². The molecular formula is C17H16N2O2S. The molecule has 2 aromatic heterocycles. The van der Waals surface area contributed by atoms with Gasteiger partial charge in [0.2, 0.25) is 0 Å². The lowest BCUT2D eigenvalue weighted by atomic mass is 10.1. The normalized spacial score (nSPS) is 14.4. The molecule has 3 aromatic rings. The molecule has 0 N–H and O–H groups in total. The van der Waals surface area contributed by atoms with E-state index in [4.69, 9.17) is 4.74 Å². The third-order valence-electron chi connectivity index (χ3n) is 4.07. The fourth-order valence-electron chi connectivity index (χ4n) is 2.80. The van der Waals surface area contributed by atoms with Crippen LogP contribution in [0.5, 0.6) is 5.75 Å². The van der Waals surface area contributed by atoms with Crippen molar-refractivity contribution in [2.24, 2.45) is 5.92 Å². The van der Waals surface area contributed by atoms with Crippen LogP contribution in [0.2, 0.25) is 0 Å². The molecule has 1 saturated carbocycles. The summed E-state index contributed by atoms with van der Waals surface area (Å²) in [6, 6.07) is 9.85. The second-order valence-electron chi connectivity index (χ2n) is 5.63. The summed E-state index contributed by atoms with van der Waals surface area (Å²) in [5.41, 5.74) is 1.42. The Balaban J connectivity index is 2.05. The number of thiophene rings is 1. The minimum absolute atomic E-state index is 0.188. The first-order valence-electron chi connectivity index (χ1n) is 7.39. The average Bonchev–Trinajstić information content (AvgIpc) is 3.19. The molecular weight excluding hydrogens is 296 g/mol. The van der Waals surface area contributed by atoms with E-state index in [1.165, 1.54) is 12.8 Å². The Bertz CT molecular complexity index is 880. The van der Waals surface area contributed by atoms with E-state index < -0.39 is 0 Å². The SMILES string of the molecule is COc1cccc2c(-c3cccs3)nc(=O)n(CC3CC3)c12. The van der Waals surface area contributed by atoms with Gasteiger partial charge in [0.05, 0.1) is 23.2 Å². The van der Waals surface area contributed by atoms with Crippen LogP contribution in [0.1, 0.15) is 12.8 Å². The third-order valence-corrected chi connectivity index (χ3v) is 4.95. The summed E-state index contributed by atoms with van der Waals surface area (Å²) in [6.07, 6.45) is 2.38.